The topological polar surface area (TPSA) is 12.0 Å². The highest BCUT2D eigenvalue weighted by Gasteiger charge is 2.16. The van der Waals surface area contributed by atoms with Crippen LogP contribution in [0.25, 0.3) is 0 Å². The minimum Gasteiger partial charge on any atom is -0.307 e. The van der Waals surface area contributed by atoms with E-state index in [-0.39, 0.29) is 11.9 Å². The lowest BCUT2D eigenvalue weighted by Gasteiger charge is -2.21. The van der Waals surface area contributed by atoms with E-state index in [1.165, 1.54) is 22.8 Å². The zero-order chi connectivity index (χ0) is 14.7. The summed E-state index contributed by atoms with van der Waals surface area (Å²) in [6.45, 7) is 7.07. The molecule has 0 saturated carbocycles. The van der Waals surface area contributed by atoms with Crippen molar-refractivity contribution >= 4 is 15.9 Å². The fourth-order valence-corrected chi connectivity index (χ4v) is 2.99. The van der Waals surface area contributed by atoms with Crippen molar-refractivity contribution < 1.29 is 4.39 Å². The Morgan fingerprint density at radius 2 is 1.90 bits per heavy atom. The Morgan fingerprint density at radius 3 is 2.50 bits per heavy atom. The van der Waals surface area contributed by atoms with Crippen molar-refractivity contribution in [2.45, 2.75) is 26.8 Å². The van der Waals surface area contributed by atoms with Gasteiger partial charge in [-0.05, 0) is 55.3 Å². The maximum atomic E-state index is 13.7. The van der Waals surface area contributed by atoms with Crippen LogP contribution in [0, 0.1) is 19.7 Å². The second kappa shape index (κ2) is 6.51. The summed E-state index contributed by atoms with van der Waals surface area (Å²) in [7, 11) is 0. The van der Waals surface area contributed by atoms with Gasteiger partial charge in [-0.1, -0.05) is 46.6 Å². The number of rotatable bonds is 4. The molecule has 0 aromatic heterocycles. The number of halogens is 2. The van der Waals surface area contributed by atoms with Crippen molar-refractivity contribution in [3.05, 3.63) is 68.9 Å². The van der Waals surface area contributed by atoms with Gasteiger partial charge in [-0.3, -0.25) is 0 Å². The Bertz CT molecular complexity index is 590. The van der Waals surface area contributed by atoms with Gasteiger partial charge in [0.1, 0.15) is 5.82 Å². The standard InChI is InChI=1S/C17H19BrFN/c1-4-20-17(13-8-14(18)10-15(19)9-13)16-6-5-11(2)7-12(16)3/h5-10,17,20H,4H2,1-3H3. The van der Waals surface area contributed by atoms with Gasteiger partial charge in [-0.2, -0.15) is 0 Å². The van der Waals surface area contributed by atoms with Crippen LogP contribution >= 0.6 is 15.9 Å². The minimum absolute atomic E-state index is 0.00704. The molecule has 20 heavy (non-hydrogen) atoms. The second-order valence-electron chi connectivity index (χ2n) is 5.05. The Hall–Kier alpha value is -1.19. The van der Waals surface area contributed by atoms with Crippen LogP contribution in [0.4, 0.5) is 4.39 Å². The normalized spacial score (nSPS) is 12.4. The molecule has 1 atom stereocenters. The molecular weight excluding hydrogens is 317 g/mol. The molecule has 0 aliphatic heterocycles. The van der Waals surface area contributed by atoms with Crippen LogP contribution in [0.15, 0.2) is 40.9 Å². The lowest BCUT2D eigenvalue weighted by Crippen LogP contribution is -2.23. The van der Waals surface area contributed by atoms with Gasteiger partial charge >= 0.3 is 0 Å². The SMILES string of the molecule is CCNC(c1cc(F)cc(Br)c1)c1ccc(C)cc1C. The summed E-state index contributed by atoms with van der Waals surface area (Å²) in [5.41, 5.74) is 4.58. The first-order valence-corrected chi connectivity index (χ1v) is 7.57. The lowest BCUT2D eigenvalue weighted by molar-refractivity contribution is 0.601. The predicted molar refractivity (Wildman–Crippen MR) is 85.5 cm³/mol. The first-order valence-electron chi connectivity index (χ1n) is 6.77. The largest absolute Gasteiger partial charge is 0.307 e. The van der Waals surface area contributed by atoms with Crippen molar-refractivity contribution in [1.29, 1.82) is 0 Å². The average Bonchev–Trinajstić information content (AvgIpc) is 2.35. The Labute approximate surface area is 128 Å². The molecule has 2 aromatic carbocycles. The number of hydrogen-bond donors (Lipinski definition) is 1. The summed E-state index contributed by atoms with van der Waals surface area (Å²) in [5, 5.41) is 3.44. The first-order chi connectivity index (χ1) is 9.51. The molecule has 1 N–H and O–H groups in total. The van der Waals surface area contributed by atoms with Gasteiger partial charge in [0, 0.05) is 4.47 Å². The van der Waals surface area contributed by atoms with E-state index in [1.807, 2.05) is 6.07 Å². The Kier molecular flexibility index (Phi) is 4.95. The number of hydrogen-bond acceptors (Lipinski definition) is 1. The Morgan fingerprint density at radius 1 is 1.15 bits per heavy atom. The van der Waals surface area contributed by atoms with E-state index >= 15 is 0 Å². The molecule has 0 aliphatic carbocycles. The molecule has 0 bridgehead atoms. The fourth-order valence-electron chi connectivity index (χ4n) is 2.50. The van der Waals surface area contributed by atoms with E-state index in [0.717, 1.165) is 16.6 Å². The van der Waals surface area contributed by atoms with Crippen molar-refractivity contribution in [1.82, 2.24) is 5.32 Å². The second-order valence-corrected chi connectivity index (χ2v) is 5.97. The summed E-state index contributed by atoms with van der Waals surface area (Å²) in [5.74, 6) is -0.220. The predicted octanol–water partition coefficient (Wildman–Crippen LogP) is 4.90. The van der Waals surface area contributed by atoms with E-state index in [4.69, 9.17) is 0 Å². The molecule has 0 heterocycles. The molecule has 3 heteroatoms. The molecule has 1 nitrogen and oxygen atoms in total. The molecule has 2 rings (SSSR count). The molecule has 0 amide bonds. The van der Waals surface area contributed by atoms with Crippen LogP contribution in [0.2, 0.25) is 0 Å². The smallest absolute Gasteiger partial charge is 0.124 e. The maximum Gasteiger partial charge on any atom is 0.124 e. The summed E-state index contributed by atoms with van der Waals surface area (Å²) in [6.07, 6.45) is 0. The number of aryl methyl sites for hydroxylation is 2. The van der Waals surface area contributed by atoms with Crippen molar-refractivity contribution in [3.63, 3.8) is 0 Å². The van der Waals surface area contributed by atoms with Gasteiger partial charge in [0.2, 0.25) is 0 Å². The minimum atomic E-state index is -0.220. The van der Waals surface area contributed by atoms with E-state index in [2.05, 4.69) is 60.2 Å². The summed E-state index contributed by atoms with van der Waals surface area (Å²) in [4.78, 5) is 0. The fraction of sp³-hybridized carbons (Fsp3) is 0.294. The van der Waals surface area contributed by atoms with Gasteiger partial charge < -0.3 is 5.32 Å². The molecule has 106 valence electrons. The lowest BCUT2D eigenvalue weighted by atomic mass is 9.94. The van der Waals surface area contributed by atoms with E-state index in [1.54, 1.807) is 6.07 Å². The van der Waals surface area contributed by atoms with Gasteiger partial charge in [0.15, 0.2) is 0 Å². The van der Waals surface area contributed by atoms with Gasteiger partial charge in [0.05, 0.1) is 6.04 Å². The molecule has 0 saturated heterocycles. The molecule has 0 aliphatic rings. The van der Waals surface area contributed by atoms with Crippen molar-refractivity contribution in [2.75, 3.05) is 6.54 Å². The summed E-state index contributed by atoms with van der Waals surface area (Å²) >= 11 is 3.37. The quantitative estimate of drug-likeness (QED) is 0.837. The van der Waals surface area contributed by atoms with Crippen molar-refractivity contribution in [3.8, 4) is 0 Å². The van der Waals surface area contributed by atoms with Crippen molar-refractivity contribution in [2.24, 2.45) is 0 Å². The average molecular weight is 336 g/mol. The summed E-state index contributed by atoms with van der Waals surface area (Å²) in [6, 6.07) is 11.4. The zero-order valence-electron chi connectivity index (χ0n) is 12.0. The molecule has 2 aromatic rings. The maximum absolute atomic E-state index is 13.7. The third-order valence-electron chi connectivity index (χ3n) is 3.36. The molecular formula is C17H19BrFN. The van der Waals surface area contributed by atoms with E-state index in [0.29, 0.717) is 0 Å². The van der Waals surface area contributed by atoms with E-state index in [9.17, 15) is 4.39 Å². The highest BCUT2D eigenvalue weighted by atomic mass is 79.9. The van der Waals surface area contributed by atoms with E-state index < -0.39 is 0 Å². The monoisotopic (exact) mass is 335 g/mol. The van der Waals surface area contributed by atoms with Gasteiger partial charge in [0.25, 0.3) is 0 Å². The number of nitrogens with one attached hydrogen (secondary N) is 1. The highest BCUT2D eigenvalue weighted by Crippen LogP contribution is 2.28. The molecule has 0 radical (unpaired) electrons. The van der Waals surface area contributed by atoms with Crippen LogP contribution in [0.1, 0.15) is 35.2 Å². The molecule has 0 fully saturated rings. The van der Waals surface area contributed by atoms with Crippen LogP contribution in [-0.4, -0.2) is 6.54 Å². The third kappa shape index (κ3) is 3.47. The van der Waals surface area contributed by atoms with Crippen LogP contribution in [0.3, 0.4) is 0 Å². The Balaban J connectivity index is 2.49. The van der Waals surface area contributed by atoms with Gasteiger partial charge in [-0.25, -0.2) is 4.39 Å². The highest BCUT2D eigenvalue weighted by molar-refractivity contribution is 9.10. The summed E-state index contributed by atoms with van der Waals surface area (Å²) < 4.78 is 14.4. The van der Waals surface area contributed by atoms with Gasteiger partial charge in [-0.15, -0.1) is 0 Å². The first kappa shape index (κ1) is 15.2. The third-order valence-corrected chi connectivity index (χ3v) is 3.82. The molecule has 1 unspecified atom stereocenters. The molecule has 0 spiro atoms. The van der Waals surface area contributed by atoms with Crippen LogP contribution < -0.4 is 5.32 Å². The number of benzene rings is 2. The zero-order valence-corrected chi connectivity index (χ0v) is 13.6. The van der Waals surface area contributed by atoms with Crippen LogP contribution in [-0.2, 0) is 0 Å². The van der Waals surface area contributed by atoms with Crippen LogP contribution in [0.5, 0.6) is 0 Å².